The number of likely N-dealkylation sites (tertiary alicyclic amines) is 1. The van der Waals surface area contributed by atoms with Gasteiger partial charge in [0.1, 0.15) is 0 Å². The summed E-state index contributed by atoms with van der Waals surface area (Å²) in [4.78, 5) is 6.97. The molecule has 3 nitrogen and oxygen atoms in total. The van der Waals surface area contributed by atoms with Crippen LogP contribution in [0.15, 0.2) is 24.4 Å². The minimum absolute atomic E-state index is 0.815. The minimum Gasteiger partial charge on any atom is -0.310 e. The highest BCUT2D eigenvalue weighted by Gasteiger charge is 2.19. The monoisotopic (exact) mass is 247 g/mol. The quantitative estimate of drug-likeness (QED) is 0.783. The van der Waals surface area contributed by atoms with Crippen molar-refractivity contribution in [2.75, 3.05) is 19.6 Å². The van der Waals surface area contributed by atoms with Gasteiger partial charge in [-0.25, -0.2) is 0 Å². The van der Waals surface area contributed by atoms with Crippen molar-refractivity contribution in [3.8, 4) is 0 Å². The number of piperidine rings is 1. The largest absolute Gasteiger partial charge is 0.310 e. The third-order valence-electron chi connectivity index (χ3n) is 3.83. The average molecular weight is 247 g/mol. The fourth-order valence-corrected chi connectivity index (χ4v) is 2.76. The van der Waals surface area contributed by atoms with Crippen LogP contribution >= 0.6 is 0 Å². The lowest BCUT2D eigenvalue weighted by Crippen LogP contribution is -2.42. The van der Waals surface area contributed by atoms with Crippen molar-refractivity contribution in [3.63, 3.8) is 0 Å². The molecule has 0 radical (unpaired) electrons. The van der Waals surface area contributed by atoms with E-state index in [9.17, 15) is 0 Å². The van der Waals surface area contributed by atoms with E-state index in [4.69, 9.17) is 0 Å². The van der Waals surface area contributed by atoms with Crippen LogP contribution in [-0.4, -0.2) is 35.6 Å². The highest BCUT2D eigenvalue weighted by atomic mass is 15.2. The van der Waals surface area contributed by atoms with Crippen LogP contribution < -0.4 is 5.32 Å². The zero-order valence-electron chi connectivity index (χ0n) is 11.4. The molecule has 3 heteroatoms. The second-order valence-corrected chi connectivity index (χ2v) is 5.09. The van der Waals surface area contributed by atoms with Gasteiger partial charge in [-0.2, -0.15) is 0 Å². The standard InChI is InChI=1S/C15H25N3/c1-2-15-8-4-6-11-18(15)12-10-16-13-14-7-3-5-9-17-14/h3,5,7,9,15-16H,2,4,6,8,10-13H2,1H3. The van der Waals surface area contributed by atoms with Crippen molar-refractivity contribution in [3.05, 3.63) is 30.1 Å². The molecule has 0 spiro atoms. The van der Waals surface area contributed by atoms with Gasteiger partial charge in [-0.15, -0.1) is 0 Å². The maximum atomic E-state index is 4.32. The van der Waals surface area contributed by atoms with E-state index < -0.39 is 0 Å². The maximum absolute atomic E-state index is 4.32. The normalized spacial score (nSPS) is 21.1. The molecule has 1 fully saturated rings. The van der Waals surface area contributed by atoms with Crippen molar-refractivity contribution in [1.82, 2.24) is 15.2 Å². The Labute approximate surface area is 111 Å². The number of hydrogen-bond acceptors (Lipinski definition) is 3. The van der Waals surface area contributed by atoms with Crippen LogP contribution in [0.25, 0.3) is 0 Å². The van der Waals surface area contributed by atoms with Gasteiger partial charge in [0.15, 0.2) is 0 Å². The van der Waals surface area contributed by atoms with Gasteiger partial charge in [-0.3, -0.25) is 9.88 Å². The number of rotatable bonds is 6. The van der Waals surface area contributed by atoms with Gasteiger partial charge in [0, 0.05) is 31.9 Å². The van der Waals surface area contributed by atoms with Gasteiger partial charge in [0.2, 0.25) is 0 Å². The maximum Gasteiger partial charge on any atom is 0.0541 e. The molecule has 1 aliphatic rings. The highest BCUT2D eigenvalue weighted by Crippen LogP contribution is 2.18. The van der Waals surface area contributed by atoms with Crippen LogP contribution in [0.2, 0.25) is 0 Å². The van der Waals surface area contributed by atoms with Crippen molar-refractivity contribution in [2.45, 2.75) is 45.2 Å². The van der Waals surface area contributed by atoms with Crippen LogP contribution in [0.1, 0.15) is 38.3 Å². The van der Waals surface area contributed by atoms with E-state index in [2.05, 4.69) is 28.2 Å². The molecule has 1 unspecified atom stereocenters. The van der Waals surface area contributed by atoms with E-state index in [0.717, 1.165) is 24.8 Å². The van der Waals surface area contributed by atoms with E-state index in [-0.39, 0.29) is 0 Å². The molecule has 1 aromatic rings. The molecule has 1 N–H and O–H groups in total. The average Bonchev–Trinajstić information content (AvgIpc) is 2.45. The Morgan fingerprint density at radius 2 is 2.33 bits per heavy atom. The SMILES string of the molecule is CCC1CCCCN1CCNCc1ccccn1. The lowest BCUT2D eigenvalue weighted by Gasteiger charge is -2.35. The third kappa shape index (κ3) is 4.07. The summed E-state index contributed by atoms with van der Waals surface area (Å²) in [5, 5.41) is 3.49. The molecule has 2 heterocycles. The van der Waals surface area contributed by atoms with Crippen LogP contribution in [-0.2, 0) is 6.54 Å². The van der Waals surface area contributed by atoms with Crippen LogP contribution in [0, 0.1) is 0 Å². The number of aromatic nitrogens is 1. The molecule has 1 atom stereocenters. The first-order valence-electron chi connectivity index (χ1n) is 7.25. The fraction of sp³-hybridized carbons (Fsp3) is 0.667. The number of hydrogen-bond donors (Lipinski definition) is 1. The molecular weight excluding hydrogens is 222 g/mol. The molecule has 1 aromatic heterocycles. The van der Waals surface area contributed by atoms with Gasteiger partial charge < -0.3 is 5.32 Å². The first-order valence-corrected chi connectivity index (χ1v) is 7.25. The zero-order valence-corrected chi connectivity index (χ0v) is 11.4. The zero-order chi connectivity index (χ0) is 12.6. The molecule has 18 heavy (non-hydrogen) atoms. The Kier molecular flexibility index (Phi) is 5.62. The molecule has 1 saturated heterocycles. The summed E-state index contributed by atoms with van der Waals surface area (Å²) >= 11 is 0. The van der Waals surface area contributed by atoms with E-state index in [1.54, 1.807) is 0 Å². The van der Waals surface area contributed by atoms with Crippen molar-refractivity contribution >= 4 is 0 Å². The lowest BCUT2D eigenvalue weighted by atomic mass is 10.0. The van der Waals surface area contributed by atoms with Gasteiger partial charge in [-0.05, 0) is 37.9 Å². The molecule has 0 aliphatic carbocycles. The topological polar surface area (TPSA) is 28.2 Å². The van der Waals surface area contributed by atoms with Crippen molar-refractivity contribution in [1.29, 1.82) is 0 Å². The lowest BCUT2D eigenvalue weighted by molar-refractivity contribution is 0.145. The second kappa shape index (κ2) is 7.49. The number of nitrogens with zero attached hydrogens (tertiary/aromatic N) is 2. The molecule has 0 aromatic carbocycles. The predicted molar refractivity (Wildman–Crippen MR) is 75.4 cm³/mol. The number of nitrogens with one attached hydrogen (secondary N) is 1. The molecule has 0 bridgehead atoms. The van der Waals surface area contributed by atoms with Crippen LogP contribution in [0.3, 0.4) is 0 Å². The van der Waals surface area contributed by atoms with Crippen LogP contribution in [0.5, 0.6) is 0 Å². The first kappa shape index (κ1) is 13.5. The summed E-state index contributed by atoms with van der Waals surface area (Å²) in [7, 11) is 0. The molecule has 2 rings (SSSR count). The molecule has 0 saturated carbocycles. The summed E-state index contributed by atoms with van der Waals surface area (Å²) in [5.74, 6) is 0. The Balaban J connectivity index is 1.65. The predicted octanol–water partition coefficient (Wildman–Crippen LogP) is 2.44. The molecule has 100 valence electrons. The summed E-state index contributed by atoms with van der Waals surface area (Å²) in [6, 6.07) is 6.89. The summed E-state index contributed by atoms with van der Waals surface area (Å²) in [5.41, 5.74) is 1.13. The van der Waals surface area contributed by atoms with Crippen molar-refractivity contribution in [2.24, 2.45) is 0 Å². The summed E-state index contributed by atoms with van der Waals surface area (Å²) < 4.78 is 0. The Bertz CT molecular complexity index is 326. The highest BCUT2D eigenvalue weighted by molar-refractivity contribution is 5.02. The fourth-order valence-electron chi connectivity index (χ4n) is 2.76. The Morgan fingerprint density at radius 3 is 3.11 bits per heavy atom. The first-order chi connectivity index (χ1) is 8.90. The smallest absolute Gasteiger partial charge is 0.0541 e. The molecule has 1 aliphatic heterocycles. The molecular formula is C15H25N3. The second-order valence-electron chi connectivity index (χ2n) is 5.09. The van der Waals surface area contributed by atoms with Gasteiger partial charge >= 0.3 is 0 Å². The summed E-state index contributed by atoms with van der Waals surface area (Å²) in [6.45, 7) is 6.71. The summed E-state index contributed by atoms with van der Waals surface area (Å²) in [6.07, 6.45) is 7.32. The van der Waals surface area contributed by atoms with E-state index in [1.807, 2.05) is 18.3 Å². The van der Waals surface area contributed by atoms with E-state index >= 15 is 0 Å². The van der Waals surface area contributed by atoms with E-state index in [0.29, 0.717) is 0 Å². The number of pyridine rings is 1. The minimum atomic E-state index is 0.815. The van der Waals surface area contributed by atoms with E-state index in [1.165, 1.54) is 38.8 Å². The Hall–Kier alpha value is -0.930. The van der Waals surface area contributed by atoms with Gasteiger partial charge in [-0.1, -0.05) is 19.4 Å². The van der Waals surface area contributed by atoms with Gasteiger partial charge in [0.25, 0.3) is 0 Å². The van der Waals surface area contributed by atoms with Crippen LogP contribution in [0.4, 0.5) is 0 Å². The Morgan fingerprint density at radius 1 is 1.39 bits per heavy atom. The van der Waals surface area contributed by atoms with Gasteiger partial charge in [0.05, 0.1) is 5.69 Å². The molecule has 0 amide bonds. The third-order valence-corrected chi connectivity index (χ3v) is 3.83. The van der Waals surface area contributed by atoms with Crippen molar-refractivity contribution < 1.29 is 0 Å².